The number of rotatable bonds is 7. The Balaban J connectivity index is 1.92. The maximum Gasteiger partial charge on any atom is 0.251 e. The zero-order valence-electron chi connectivity index (χ0n) is 13.5. The summed E-state index contributed by atoms with van der Waals surface area (Å²) in [5, 5.41) is 11.9. The van der Waals surface area contributed by atoms with E-state index in [1.165, 1.54) is 0 Å². The molecule has 5 heteroatoms. The van der Waals surface area contributed by atoms with E-state index in [1.54, 1.807) is 42.7 Å². The molecule has 1 aromatic carbocycles. The maximum atomic E-state index is 12.1. The van der Waals surface area contributed by atoms with Crippen LogP contribution in [0, 0.1) is 5.41 Å². The molecule has 0 aliphatic rings. The number of aromatic nitrogens is 1. The van der Waals surface area contributed by atoms with Gasteiger partial charge in [0, 0.05) is 24.9 Å². The van der Waals surface area contributed by atoms with Crippen LogP contribution in [0.5, 0.6) is 11.5 Å². The van der Waals surface area contributed by atoms with Crippen molar-refractivity contribution in [3.05, 3.63) is 54.4 Å². The van der Waals surface area contributed by atoms with E-state index in [4.69, 9.17) is 9.84 Å². The third kappa shape index (κ3) is 5.38. The zero-order valence-corrected chi connectivity index (χ0v) is 13.5. The van der Waals surface area contributed by atoms with E-state index in [9.17, 15) is 4.79 Å². The minimum absolute atomic E-state index is 0.114. The Bertz CT molecular complexity index is 624. The summed E-state index contributed by atoms with van der Waals surface area (Å²) in [7, 11) is 0. The van der Waals surface area contributed by atoms with Crippen LogP contribution in [0.3, 0.4) is 0 Å². The second-order valence-corrected chi connectivity index (χ2v) is 6.14. The topological polar surface area (TPSA) is 71.5 Å². The molecule has 0 fully saturated rings. The molecule has 0 spiro atoms. The predicted molar refractivity (Wildman–Crippen MR) is 88.6 cm³/mol. The highest BCUT2D eigenvalue weighted by Crippen LogP contribution is 2.21. The van der Waals surface area contributed by atoms with Crippen molar-refractivity contribution in [1.29, 1.82) is 0 Å². The molecule has 23 heavy (non-hydrogen) atoms. The van der Waals surface area contributed by atoms with Gasteiger partial charge in [-0.3, -0.25) is 9.78 Å². The Hall–Kier alpha value is -2.40. The largest absolute Gasteiger partial charge is 0.456 e. The molecule has 0 bridgehead atoms. The summed E-state index contributed by atoms with van der Waals surface area (Å²) in [5.74, 6) is 1.16. The molecule has 0 saturated heterocycles. The highest BCUT2D eigenvalue weighted by Gasteiger charge is 2.18. The predicted octanol–water partition coefficient (Wildman–Crippen LogP) is 3.01. The molecule has 0 aliphatic carbocycles. The Morgan fingerprint density at radius 1 is 1.22 bits per heavy atom. The van der Waals surface area contributed by atoms with Gasteiger partial charge < -0.3 is 15.2 Å². The summed E-state index contributed by atoms with van der Waals surface area (Å²) in [5.41, 5.74) is 0.441. The van der Waals surface area contributed by atoms with Crippen LogP contribution in [0.25, 0.3) is 0 Å². The Morgan fingerprint density at radius 3 is 2.57 bits per heavy atom. The molecule has 1 heterocycles. The Morgan fingerprint density at radius 2 is 1.96 bits per heavy atom. The Kier molecular flexibility index (Phi) is 5.71. The summed E-state index contributed by atoms with van der Waals surface area (Å²) in [6.45, 7) is 4.65. The molecule has 2 rings (SSSR count). The van der Waals surface area contributed by atoms with Gasteiger partial charge in [0.1, 0.15) is 11.5 Å². The fraction of sp³-hybridized carbons (Fsp3) is 0.333. The molecule has 122 valence electrons. The van der Waals surface area contributed by atoms with Gasteiger partial charge in [-0.1, -0.05) is 13.8 Å². The van der Waals surface area contributed by atoms with Crippen LogP contribution in [0.15, 0.2) is 48.8 Å². The Labute approximate surface area is 136 Å². The van der Waals surface area contributed by atoms with Crippen LogP contribution < -0.4 is 10.1 Å². The van der Waals surface area contributed by atoms with Crippen molar-refractivity contribution >= 4 is 5.91 Å². The second-order valence-electron chi connectivity index (χ2n) is 6.14. The minimum atomic E-state index is -0.135. The van der Waals surface area contributed by atoms with Crippen LogP contribution in [-0.4, -0.2) is 29.1 Å². The SMILES string of the molecule is CC(C)(CCO)CNC(=O)c1ccc(Oc2cccnc2)cc1. The summed E-state index contributed by atoms with van der Waals surface area (Å²) in [4.78, 5) is 16.1. The van der Waals surface area contributed by atoms with E-state index in [-0.39, 0.29) is 17.9 Å². The van der Waals surface area contributed by atoms with Crippen molar-refractivity contribution in [3.63, 3.8) is 0 Å². The molecular weight excluding hydrogens is 292 g/mol. The van der Waals surface area contributed by atoms with E-state index in [1.807, 2.05) is 19.9 Å². The lowest BCUT2D eigenvalue weighted by Crippen LogP contribution is -2.34. The molecule has 1 amide bonds. The first kappa shape index (κ1) is 17.0. The van der Waals surface area contributed by atoms with Gasteiger partial charge in [0.15, 0.2) is 0 Å². The summed E-state index contributed by atoms with van der Waals surface area (Å²) in [6, 6.07) is 10.6. The van der Waals surface area contributed by atoms with Crippen LogP contribution in [0.4, 0.5) is 0 Å². The van der Waals surface area contributed by atoms with Crippen molar-refractivity contribution in [3.8, 4) is 11.5 Å². The van der Waals surface area contributed by atoms with E-state index < -0.39 is 0 Å². The van der Waals surface area contributed by atoms with E-state index in [0.29, 0.717) is 30.0 Å². The van der Waals surface area contributed by atoms with Crippen LogP contribution in [0.2, 0.25) is 0 Å². The molecule has 0 atom stereocenters. The van der Waals surface area contributed by atoms with E-state index in [0.717, 1.165) is 0 Å². The van der Waals surface area contributed by atoms with Gasteiger partial charge in [-0.15, -0.1) is 0 Å². The highest BCUT2D eigenvalue weighted by molar-refractivity contribution is 5.94. The van der Waals surface area contributed by atoms with Crippen molar-refractivity contribution < 1.29 is 14.6 Å². The van der Waals surface area contributed by atoms with Gasteiger partial charge in [-0.25, -0.2) is 0 Å². The number of nitrogens with one attached hydrogen (secondary N) is 1. The molecule has 2 aromatic rings. The first-order valence-corrected chi connectivity index (χ1v) is 7.57. The minimum Gasteiger partial charge on any atom is -0.456 e. The molecule has 0 unspecified atom stereocenters. The first-order valence-electron chi connectivity index (χ1n) is 7.57. The number of aliphatic hydroxyl groups excluding tert-OH is 1. The number of carbonyl (C=O) groups is 1. The number of nitrogens with zero attached hydrogens (tertiary/aromatic N) is 1. The lowest BCUT2D eigenvalue weighted by Gasteiger charge is -2.23. The zero-order chi connectivity index (χ0) is 16.7. The third-order valence-electron chi connectivity index (χ3n) is 3.50. The molecule has 0 radical (unpaired) electrons. The number of benzene rings is 1. The van der Waals surface area contributed by atoms with Gasteiger partial charge >= 0.3 is 0 Å². The summed E-state index contributed by atoms with van der Waals surface area (Å²) in [6.07, 6.45) is 3.95. The van der Waals surface area contributed by atoms with Crippen LogP contribution >= 0.6 is 0 Å². The fourth-order valence-electron chi connectivity index (χ4n) is 2.03. The van der Waals surface area contributed by atoms with Gasteiger partial charge in [0.25, 0.3) is 5.91 Å². The first-order chi connectivity index (χ1) is 11.0. The molecular formula is C18H22N2O3. The van der Waals surface area contributed by atoms with E-state index in [2.05, 4.69) is 10.3 Å². The number of hydrogen-bond acceptors (Lipinski definition) is 4. The maximum absolute atomic E-state index is 12.1. The average molecular weight is 314 g/mol. The van der Waals surface area contributed by atoms with Gasteiger partial charge in [0.2, 0.25) is 0 Å². The monoisotopic (exact) mass is 314 g/mol. The van der Waals surface area contributed by atoms with E-state index >= 15 is 0 Å². The fourth-order valence-corrected chi connectivity index (χ4v) is 2.03. The quantitative estimate of drug-likeness (QED) is 0.824. The smallest absolute Gasteiger partial charge is 0.251 e. The highest BCUT2D eigenvalue weighted by atomic mass is 16.5. The lowest BCUT2D eigenvalue weighted by atomic mass is 9.89. The van der Waals surface area contributed by atoms with Crippen molar-refractivity contribution in [2.24, 2.45) is 5.41 Å². The second kappa shape index (κ2) is 7.74. The van der Waals surface area contributed by atoms with Gasteiger partial charge in [0.05, 0.1) is 6.20 Å². The summed E-state index contributed by atoms with van der Waals surface area (Å²) < 4.78 is 5.64. The number of hydrogen-bond donors (Lipinski definition) is 2. The number of aliphatic hydroxyl groups is 1. The molecule has 0 aliphatic heterocycles. The molecule has 5 nitrogen and oxygen atoms in total. The van der Waals surface area contributed by atoms with Crippen molar-refractivity contribution in [2.45, 2.75) is 20.3 Å². The number of pyridine rings is 1. The standard InChI is InChI=1S/C18H22N2O3/c1-18(2,9-11-21)13-20-17(22)14-5-7-15(8-6-14)23-16-4-3-10-19-12-16/h3-8,10,12,21H,9,11,13H2,1-2H3,(H,20,22). The molecule has 1 aromatic heterocycles. The number of carbonyl (C=O) groups excluding carboxylic acids is 1. The number of amides is 1. The molecule has 2 N–H and O–H groups in total. The van der Waals surface area contributed by atoms with Crippen molar-refractivity contribution in [1.82, 2.24) is 10.3 Å². The van der Waals surface area contributed by atoms with Gasteiger partial charge in [-0.2, -0.15) is 0 Å². The normalized spacial score (nSPS) is 11.1. The molecule has 0 saturated carbocycles. The van der Waals surface area contributed by atoms with Gasteiger partial charge in [-0.05, 0) is 48.2 Å². The average Bonchev–Trinajstić information content (AvgIpc) is 2.54. The van der Waals surface area contributed by atoms with Crippen LogP contribution in [-0.2, 0) is 0 Å². The van der Waals surface area contributed by atoms with Crippen LogP contribution in [0.1, 0.15) is 30.6 Å². The van der Waals surface area contributed by atoms with Crippen molar-refractivity contribution in [2.75, 3.05) is 13.2 Å². The lowest BCUT2D eigenvalue weighted by molar-refractivity contribution is 0.0928. The third-order valence-corrected chi connectivity index (χ3v) is 3.50. The summed E-state index contributed by atoms with van der Waals surface area (Å²) >= 11 is 0. The number of ether oxygens (including phenoxy) is 1.